The van der Waals surface area contributed by atoms with E-state index in [4.69, 9.17) is 11.8 Å². The zero-order chi connectivity index (χ0) is 19.0. The number of phenols is 1. The number of benzene rings is 1. The van der Waals surface area contributed by atoms with Crippen LogP contribution in [0, 0.1) is 17.8 Å². The molecule has 0 spiro atoms. The fraction of sp³-hybridized carbons (Fsp3) is 0.176. The van der Waals surface area contributed by atoms with E-state index in [-0.39, 0.29) is 6.54 Å². The molecule has 0 heterocycles. The Bertz CT molecular complexity index is 759. The minimum atomic E-state index is -4.65. The molecule has 0 aliphatic rings. The van der Waals surface area contributed by atoms with E-state index in [9.17, 15) is 23.1 Å². The highest BCUT2D eigenvalue weighted by Gasteiger charge is 2.31. The normalized spacial score (nSPS) is 11.9. The molecule has 132 valence electrons. The maximum absolute atomic E-state index is 12.7. The molecule has 1 amide bonds. The molecule has 4 N–H and O–H groups in total. The first kappa shape index (κ1) is 19.8. The van der Waals surface area contributed by atoms with Gasteiger partial charge in [0.1, 0.15) is 5.75 Å². The number of allylic oxidation sites excluding steroid dienone is 2. The van der Waals surface area contributed by atoms with Crippen molar-refractivity contribution in [3.8, 4) is 18.1 Å². The van der Waals surface area contributed by atoms with Gasteiger partial charge < -0.3 is 10.4 Å². The molecular weight excluding hydrogens is 335 g/mol. The third-order valence-corrected chi connectivity index (χ3v) is 3.04. The summed E-state index contributed by atoms with van der Waals surface area (Å²) in [7, 11) is 0. The summed E-state index contributed by atoms with van der Waals surface area (Å²) in [6, 6.07) is 1.95. The summed E-state index contributed by atoms with van der Waals surface area (Å²) in [5, 5.41) is 21.8. The zero-order valence-electron chi connectivity index (χ0n) is 13.2. The van der Waals surface area contributed by atoms with E-state index in [1.807, 2.05) is 0 Å². The fourth-order valence-electron chi connectivity index (χ4n) is 1.72. The topological polar surface area (TPSA) is 85.2 Å². The Balaban J connectivity index is 2.78. The molecule has 0 atom stereocenters. The number of hydrogen-bond donors (Lipinski definition) is 4. The minimum Gasteiger partial charge on any atom is -0.507 e. The van der Waals surface area contributed by atoms with Crippen LogP contribution in [0.4, 0.5) is 13.2 Å². The van der Waals surface area contributed by atoms with Crippen LogP contribution in [0.3, 0.4) is 0 Å². The predicted octanol–water partition coefficient (Wildman–Crippen LogP) is 2.80. The van der Waals surface area contributed by atoms with Crippen molar-refractivity contribution >= 4 is 11.9 Å². The number of aromatic hydroxyl groups is 1. The SMILES string of the molecule is C#C/C=C\C(=C/C)CNC(=N)NC(=O)c1cc(C(F)(F)F)ccc1O. The number of rotatable bonds is 4. The highest BCUT2D eigenvalue weighted by atomic mass is 19.4. The van der Waals surface area contributed by atoms with Crippen molar-refractivity contribution < 1.29 is 23.1 Å². The lowest BCUT2D eigenvalue weighted by atomic mass is 10.1. The molecule has 8 heteroatoms. The molecule has 25 heavy (non-hydrogen) atoms. The average molecular weight is 351 g/mol. The first-order valence-corrected chi connectivity index (χ1v) is 7.01. The molecule has 0 aliphatic carbocycles. The van der Waals surface area contributed by atoms with Crippen LogP contribution in [0.5, 0.6) is 5.75 Å². The van der Waals surface area contributed by atoms with Gasteiger partial charge in [-0.1, -0.05) is 12.0 Å². The molecule has 1 rings (SSSR count). The van der Waals surface area contributed by atoms with Crippen molar-refractivity contribution in [2.24, 2.45) is 0 Å². The molecule has 0 aromatic heterocycles. The number of halogens is 3. The lowest BCUT2D eigenvalue weighted by Crippen LogP contribution is -2.40. The lowest BCUT2D eigenvalue weighted by Gasteiger charge is -2.12. The van der Waals surface area contributed by atoms with Gasteiger partial charge in [0, 0.05) is 6.54 Å². The van der Waals surface area contributed by atoms with E-state index in [0.29, 0.717) is 12.1 Å². The van der Waals surface area contributed by atoms with Crippen molar-refractivity contribution in [3.63, 3.8) is 0 Å². The first-order chi connectivity index (χ1) is 11.7. The number of carbonyl (C=O) groups is 1. The van der Waals surface area contributed by atoms with Gasteiger partial charge in [-0.05, 0) is 42.8 Å². The third-order valence-electron chi connectivity index (χ3n) is 3.04. The van der Waals surface area contributed by atoms with E-state index in [1.54, 1.807) is 19.1 Å². The number of nitrogens with one attached hydrogen (secondary N) is 3. The predicted molar refractivity (Wildman–Crippen MR) is 88.0 cm³/mol. The van der Waals surface area contributed by atoms with Gasteiger partial charge in [-0.2, -0.15) is 13.2 Å². The van der Waals surface area contributed by atoms with E-state index < -0.39 is 34.9 Å². The quantitative estimate of drug-likeness (QED) is 0.291. The molecule has 1 aromatic rings. The van der Waals surface area contributed by atoms with Crippen LogP contribution in [0.15, 0.2) is 42.0 Å². The van der Waals surface area contributed by atoms with Gasteiger partial charge >= 0.3 is 6.18 Å². The summed E-state index contributed by atoms with van der Waals surface area (Å²) in [5.41, 5.74) is -0.927. The highest BCUT2D eigenvalue weighted by Crippen LogP contribution is 2.32. The molecule has 1 aromatic carbocycles. The Morgan fingerprint density at radius 2 is 2.12 bits per heavy atom. The highest BCUT2D eigenvalue weighted by molar-refractivity contribution is 6.06. The molecule has 0 radical (unpaired) electrons. The van der Waals surface area contributed by atoms with Crippen LogP contribution in [0.1, 0.15) is 22.8 Å². The second-order valence-corrected chi connectivity index (χ2v) is 4.78. The van der Waals surface area contributed by atoms with Crippen molar-refractivity contribution in [3.05, 3.63) is 53.1 Å². The number of phenolic OH excluding ortho intramolecular Hbond substituents is 1. The number of amides is 1. The number of terminal acetylenes is 1. The number of guanidine groups is 1. The molecule has 0 saturated heterocycles. The summed E-state index contributed by atoms with van der Waals surface area (Å²) in [4.78, 5) is 12.0. The summed E-state index contributed by atoms with van der Waals surface area (Å²) in [6.45, 7) is 1.92. The van der Waals surface area contributed by atoms with Crippen molar-refractivity contribution in [2.75, 3.05) is 6.54 Å². The first-order valence-electron chi connectivity index (χ1n) is 7.01. The van der Waals surface area contributed by atoms with Gasteiger partial charge in [0.05, 0.1) is 11.1 Å². The van der Waals surface area contributed by atoms with Crippen LogP contribution in [0.2, 0.25) is 0 Å². The fourth-order valence-corrected chi connectivity index (χ4v) is 1.72. The van der Waals surface area contributed by atoms with Crippen LogP contribution in [-0.4, -0.2) is 23.5 Å². The monoisotopic (exact) mass is 351 g/mol. The maximum Gasteiger partial charge on any atom is 0.416 e. The minimum absolute atomic E-state index is 0.169. The molecule has 5 nitrogen and oxygen atoms in total. The second kappa shape index (κ2) is 8.59. The molecule has 0 aliphatic heterocycles. The van der Waals surface area contributed by atoms with E-state index in [1.165, 1.54) is 6.08 Å². The summed E-state index contributed by atoms with van der Waals surface area (Å²) < 4.78 is 38.0. The molecule has 0 fully saturated rings. The number of alkyl halides is 3. The molecule has 0 saturated carbocycles. The molecule has 0 unspecified atom stereocenters. The van der Waals surface area contributed by atoms with Crippen molar-refractivity contribution in [1.82, 2.24) is 10.6 Å². The van der Waals surface area contributed by atoms with Gasteiger partial charge in [0.15, 0.2) is 5.96 Å². The lowest BCUT2D eigenvalue weighted by molar-refractivity contribution is -0.137. The van der Waals surface area contributed by atoms with Crippen LogP contribution >= 0.6 is 0 Å². The third kappa shape index (κ3) is 6.06. The van der Waals surface area contributed by atoms with Gasteiger partial charge in [0.25, 0.3) is 5.91 Å². The van der Waals surface area contributed by atoms with Gasteiger partial charge in [0.2, 0.25) is 0 Å². The number of hydrogen-bond acceptors (Lipinski definition) is 3. The maximum atomic E-state index is 12.7. The van der Waals surface area contributed by atoms with Crippen molar-refractivity contribution in [2.45, 2.75) is 13.1 Å². The Labute approximate surface area is 142 Å². The Morgan fingerprint density at radius 3 is 2.68 bits per heavy atom. The van der Waals surface area contributed by atoms with Crippen molar-refractivity contribution in [1.29, 1.82) is 5.41 Å². The van der Waals surface area contributed by atoms with Gasteiger partial charge in [-0.25, -0.2) is 0 Å². The summed E-state index contributed by atoms with van der Waals surface area (Å²) >= 11 is 0. The van der Waals surface area contributed by atoms with Crippen LogP contribution in [0.25, 0.3) is 0 Å². The van der Waals surface area contributed by atoms with Gasteiger partial charge in [-0.15, -0.1) is 6.42 Å². The van der Waals surface area contributed by atoms with E-state index in [2.05, 4.69) is 16.6 Å². The smallest absolute Gasteiger partial charge is 0.416 e. The van der Waals surface area contributed by atoms with E-state index >= 15 is 0 Å². The Hall–Kier alpha value is -3.21. The Kier molecular flexibility index (Phi) is 6.81. The second-order valence-electron chi connectivity index (χ2n) is 4.78. The Morgan fingerprint density at radius 1 is 1.44 bits per heavy atom. The largest absolute Gasteiger partial charge is 0.507 e. The molecular formula is C17H16F3N3O2. The van der Waals surface area contributed by atoms with Gasteiger partial charge in [-0.3, -0.25) is 15.5 Å². The number of carbonyl (C=O) groups excluding carboxylic acids is 1. The van der Waals surface area contributed by atoms with E-state index in [0.717, 1.165) is 11.6 Å². The van der Waals surface area contributed by atoms with Crippen LogP contribution in [-0.2, 0) is 6.18 Å². The standard InChI is InChI=1S/C17H16F3N3O2/c1-3-5-6-11(4-2)10-22-16(21)23-15(25)13-9-12(17(18,19)20)7-8-14(13)24/h1,4-9,24H,10H2,2H3,(H3,21,22,23,25)/b6-5-,11-4+. The molecule has 0 bridgehead atoms. The zero-order valence-corrected chi connectivity index (χ0v) is 13.2. The van der Waals surface area contributed by atoms with Crippen LogP contribution < -0.4 is 10.6 Å². The summed E-state index contributed by atoms with van der Waals surface area (Å²) in [6.07, 6.45) is 5.25. The average Bonchev–Trinajstić information content (AvgIpc) is 2.54. The summed E-state index contributed by atoms with van der Waals surface area (Å²) in [5.74, 6) is 0.210.